The molecular weight excluding hydrogens is 298 g/mol. The van der Waals surface area contributed by atoms with E-state index in [4.69, 9.17) is 0 Å². The molecule has 1 fully saturated rings. The zero-order valence-electron chi connectivity index (χ0n) is 14.5. The van der Waals surface area contributed by atoms with Gasteiger partial charge in [0.2, 0.25) is 0 Å². The van der Waals surface area contributed by atoms with Crippen LogP contribution >= 0.6 is 0 Å². The summed E-state index contributed by atoms with van der Waals surface area (Å²) >= 11 is 0. The fourth-order valence-corrected chi connectivity index (χ4v) is 3.41. The fourth-order valence-electron chi connectivity index (χ4n) is 3.41. The number of hydrogen-bond acceptors (Lipinski definition) is 3. The highest BCUT2D eigenvalue weighted by molar-refractivity contribution is 6.03. The summed E-state index contributed by atoms with van der Waals surface area (Å²) in [4.78, 5) is 19.2. The van der Waals surface area contributed by atoms with Gasteiger partial charge in [0.25, 0.3) is 5.91 Å². The summed E-state index contributed by atoms with van der Waals surface area (Å²) in [5.74, 6) is -0.160. The largest absolute Gasteiger partial charge is 0.368 e. The molecule has 1 aromatic carbocycles. The number of pyridine rings is 1. The van der Waals surface area contributed by atoms with Gasteiger partial charge in [-0.25, -0.2) is 0 Å². The van der Waals surface area contributed by atoms with Gasteiger partial charge in [0.05, 0.1) is 0 Å². The van der Waals surface area contributed by atoms with Crippen LogP contribution in [0.15, 0.2) is 42.6 Å². The second kappa shape index (κ2) is 7.47. The molecule has 0 radical (unpaired) electrons. The van der Waals surface area contributed by atoms with E-state index in [1.165, 1.54) is 19.3 Å². The van der Waals surface area contributed by atoms with Crippen LogP contribution in [0.1, 0.15) is 48.7 Å². The molecule has 4 heteroatoms. The number of benzene rings is 1. The van der Waals surface area contributed by atoms with Gasteiger partial charge in [-0.2, -0.15) is 0 Å². The molecule has 2 aromatic rings. The highest BCUT2D eigenvalue weighted by Gasteiger charge is 2.22. The smallest absolute Gasteiger partial charge is 0.274 e. The first-order chi connectivity index (χ1) is 11.7. The summed E-state index contributed by atoms with van der Waals surface area (Å²) in [5, 5.41) is 2.93. The lowest BCUT2D eigenvalue weighted by molar-refractivity contribution is 0.102. The average Bonchev–Trinajstić information content (AvgIpc) is 2.62. The van der Waals surface area contributed by atoms with E-state index in [0.29, 0.717) is 11.7 Å². The summed E-state index contributed by atoms with van der Waals surface area (Å²) < 4.78 is 0. The van der Waals surface area contributed by atoms with E-state index >= 15 is 0 Å². The maximum atomic E-state index is 12.5. The van der Waals surface area contributed by atoms with Gasteiger partial charge in [0, 0.05) is 30.2 Å². The molecule has 1 amide bonds. The van der Waals surface area contributed by atoms with E-state index < -0.39 is 0 Å². The number of nitrogens with one attached hydrogen (secondary N) is 1. The van der Waals surface area contributed by atoms with Crippen LogP contribution < -0.4 is 10.2 Å². The highest BCUT2D eigenvalue weighted by Crippen LogP contribution is 2.26. The Labute approximate surface area is 143 Å². The minimum atomic E-state index is -0.160. The summed E-state index contributed by atoms with van der Waals surface area (Å²) in [6.45, 7) is 5.30. The monoisotopic (exact) mass is 323 g/mol. The number of piperidine rings is 1. The van der Waals surface area contributed by atoms with Crippen LogP contribution in [0.2, 0.25) is 0 Å². The molecule has 0 bridgehead atoms. The second-order valence-corrected chi connectivity index (χ2v) is 6.47. The predicted octanol–water partition coefficient (Wildman–Crippen LogP) is 4.41. The van der Waals surface area contributed by atoms with Gasteiger partial charge in [0.1, 0.15) is 5.69 Å². The Morgan fingerprint density at radius 3 is 2.96 bits per heavy atom. The molecule has 0 aliphatic carbocycles. The van der Waals surface area contributed by atoms with Crippen LogP contribution in [0.25, 0.3) is 0 Å². The first kappa shape index (κ1) is 16.5. The molecule has 3 rings (SSSR count). The van der Waals surface area contributed by atoms with E-state index in [1.807, 2.05) is 43.3 Å². The van der Waals surface area contributed by atoms with Crippen LogP contribution in [0.4, 0.5) is 11.4 Å². The van der Waals surface area contributed by atoms with E-state index in [0.717, 1.165) is 29.9 Å². The standard InChI is InChI=1S/C20H25N3O/c1-3-17-9-4-5-12-23(17)18-10-11-21-19(14-18)20(24)22-16-8-6-7-15(2)13-16/h6-8,10-11,13-14,17H,3-5,9,12H2,1-2H3,(H,22,24). The topological polar surface area (TPSA) is 45.2 Å². The predicted molar refractivity (Wildman–Crippen MR) is 98.6 cm³/mol. The number of amides is 1. The van der Waals surface area contributed by atoms with Crippen molar-refractivity contribution in [2.75, 3.05) is 16.8 Å². The number of aromatic nitrogens is 1. The third kappa shape index (κ3) is 3.75. The lowest BCUT2D eigenvalue weighted by Gasteiger charge is -2.37. The van der Waals surface area contributed by atoms with Gasteiger partial charge >= 0.3 is 0 Å². The second-order valence-electron chi connectivity index (χ2n) is 6.47. The molecule has 1 aliphatic rings. The Hall–Kier alpha value is -2.36. The molecule has 1 N–H and O–H groups in total. The molecule has 1 aromatic heterocycles. The Morgan fingerprint density at radius 1 is 1.29 bits per heavy atom. The number of nitrogens with zero attached hydrogens (tertiary/aromatic N) is 2. The first-order valence-electron chi connectivity index (χ1n) is 8.78. The molecule has 1 aliphatic heterocycles. The summed E-state index contributed by atoms with van der Waals surface area (Å²) in [5.41, 5.74) is 3.49. The van der Waals surface area contributed by atoms with Crippen molar-refractivity contribution in [1.29, 1.82) is 0 Å². The van der Waals surface area contributed by atoms with Crippen molar-refractivity contribution in [3.63, 3.8) is 0 Å². The zero-order chi connectivity index (χ0) is 16.9. The van der Waals surface area contributed by atoms with Gasteiger partial charge in [-0.3, -0.25) is 9.78 Å². The van der Waals surface area contributed by atoms with Crippen molar-refractivity contribution in [3.05, 3.63) is 53.9 Å². The summed E-state index contributed by atoms with van der Waals surface area (Å²) in [6, 6.07) is 12.3. The van der Waals surface area contributed by atoms with Crippen molar-refractivity contribution in [2.24, 2.45) is 0 Å². The maximum absolute atomic E-state index is 12.5. The SMILES string of the molecule is CCC1CCCCN1c1ccnc(C(=O)Nc2cccc(C)c2)c1. The summed E-state index contributed by atoms with van der Waals surface area (Å²) in [6.07, 6.45) is 6.60. The number of hydrogen-bond donors (Lipinski definition) is 1. The molecule has 1 unspecified atom stereocenters. The fraction of sp³-hybridized carbons (Fsp3) is 0.400. The Balaban J connectivity index is 1.78. The van der Waals surface area contributed by atoms with Crippen LogP contribution in [0.3, 0.4) is 0 Å². The molecular formula is C20H25N3O. The van der Waals surface area contributed by atoms with Crippen molar-refractivity contribution in [1.82, 2.24) is 4.98 Å². The van der Waals surface area contributed by atoms with Gasteiger partial charge < -0.3 is 10.2 Å². The molecule has 0 spiro atoms. The number of carbonyl (C=O) groups excluding carboxylic acids is 1. The number of rotatable bonds is 4. The lowest BCUT2D eigenvalue weighted by Crippen LogP contribution is -2.39. The van der Waals surface area contributed by atoms with Crippen LogP contribution in [0.5, 0.6) is 0 Å². The van der Waals surface area contributed by atoms with Crippen molar-refractivity contribution in [3.8, 4) is 0 Å². The Kier molecular flexibility index (Phi) is 5.14. The average molecular weight is 323 g/mol. The third-order valence-corrected chi connectivity index (χ3v) is 4.68. The minimum Gasteiger partial charge on any atom is -0.368 e. The minimum absolute atomic E-state index is 0.160. The normalized spacial score (nSPS) is 17.6. The number of carbonyl (C=O) groups is 1. The number of anilines is 2. The van der Waals surface area contributed by atoms with Crippen LogP contribution in [0, 0.1) is 6.92 Å². The van der Waals surface area contributed by atoms with Crippen LogP contribution in [-0.4, -0.2) is 23.5 Å². The molecule has 126 valence electrons. The quantitative estimate of drug-likeness (QED) is 0.906. The number of aryl methyl sites for hydroxylation is 1. The highest BCUT2D eigenvalue weighted by atomic mass is 16.1. The molecule has 1 atom stereocenters. The van der Waals surface area contributed by atoms with E-state index in [2.05, 4.69) is 22.1 Å². The van der Waals surface area contributed by atoms with Gasteiger partial charge in [0.15, 0.2) is 0 Å². The molecule has 24 heavy (non-hydrogen) atoms. The van der Waals surface area contributed by atoms with E-state index in [9.17, 15) is 4.79 Å². The molecule has 1 saturated heterocycles. The first-order valence-corrected chi connectivity index (χ1v) is 8.78. The summed E-state index contributed by atoms with van der Waals surface area (Å²) in [7, 11) is 0. The lowest BCUT2D eigenvalue weighted by atomic mass is 9.99. The van der Waals surface area contributed by atoms with E-state index in [-0.39, 0.29) is 5.91 Å². The van der Waals surface area contributed by atoms with Gasteiger partial charge in [-0.05, 0) is 62.4 Å². The van der Waals surface area contributed by atoms with E-state index in [1.54, 1.807) is 6.20 Å². The van der Waals surface area contributed by atoms with Crippen molar-refractivity contribution in [2.45, 2.75) is 45.6 Å². The van der Waals surface area contributed by atoms with Crippen molar-refractivity contribution >= 4 is 17.3 Å². The molecule has 0 saturated carbocycles. The van der Waals surface area contributed by atoms with Crippen molar-refractivity contribution < 1.29 is 4.79 Å². The van der Waals surface area contributed by atoms with Gasteiger partial charge in [-0.1, -0.05) is 19.1 Å². The van der Waals surface area contributed by atoms with Crippen LogP contribution in [-0.2, 0) is 0 Å². The third-order valence-electron chi connectivity index (χ3n) is 4.68. The molecule has 2 heterocycles. The Morgan fingerprint density at radius 2 is 2.17 bits per heavy atom. The zero-order valence-corrected chi connectivity index (χ0v) is 14.5. The Bertz CT molecular complexity index is 714. The maximum Gasteiger partial charge on any atom is 0.274 e. The molecule has 4 nitrogen and oxygen atoms in total. The van der Waals surface area contributed by atoms with Gasteiger partial charge in [-0.15, -0.1) is 0 Å².